The summed E-state index contributed by atoms with van der Waals surface area (Å²) in [5.41, 5.74) is 0.430. The normalized spacial score (nSPS) is 10.5. The largest absolute Gasteiger partial charge is 0.486 e. The first-order valence-electron chi connectivity index (χ1n) is 5.82. The van der Waals surface area contributed by atoms with Crippen LogP contribution >= 0.6 is 11.6 Å². The van der Waals surface area contributed by atoms with Crippen LogP contribution in [0.3, 0.4) is 0 Å². The summed E-state index contributed by atoms with van der Waals surface area (Å²) >= 11 is 5.94. The van der Waals surface area contributed by atoms with E-state index in [1.165, 1.54) is 6.33 Å². The summed E-state index contributed by atoms with van der Waals surface area (Å²) in [4.78, 5) is 4.15. The highest BCUT2D eigenvalue weighted by molar-refractivity contribution is 6.31. The molecule has 1 heterocycles. The van der Waals surface area contributed by atoms with E-state index < -0.39 is 0 Å². The molecule has 0 radical (unpaired) electrons. The molecule has 0 aliphatic rings. The van der Waals surface area contributed by atoms with Crippen molar-refractivity contribution in [2.75, 3.05) is 0 Å². The highest BCUT2D eigenvalue weighted by Crippen LogP contribution is 2.22. The second-order valence-electron chi connectivity index (χ2n) is 4.26. The molecule has 2 aromatic rings. The van der Waals surface area contributed by atoms with Crippen LogP contribution in [0.5, 0.6) is 5.75 Å². The Hall–Kier alpha value is -2.06. The van der Waals surface area contributed by atoms with Crippen LogP contribution in [0.2, 0.25) is 5.02 Å². The highest BCUT2D eigenvalue weighted by Gasteiger charge is 2.09. The van der Waals surface area contributed by atoms with E-state index in [-0.39, 0.29) is 6.04 Å². The van der Waals surface area contributed by atoms with Gasteiger partial charge in [0.1, 0.15) is 24.8 Å². The van der Waals surface area contributed by atoms with E-state index in [2.05, 4.69) is 10.1 Å². The summed E-state index contributed by atoms with van der Waals surface area (Å²) in [7, 11) is 0. The molecule has 0 unspecified atom stereocenters. The molecule has 0 aliphatic heterocycles. The molecule has 0 saturated carbocycles. The van der Waals surface area contributed by atoms with Crippen LogP contribution < -0.4 is 4.74 Å². The van der Waals surface area contributed by atoms with Crippen molar-refractivity contribution in [3.63, 3.8) is 0 Å². The zero-order valence-electron chi connectivity index (χ0n) is 10.7. The number of hydrogen-bond donors (Lipinski definition) is 0. The van der Waals surface area contributed by atoms with Gasteiger partial charge in [-0.3, -0.25) is 0 Å². The van der Waals surface area contributed by atoms with Crippen LogP contribution in [0.4, 0.5) is 0 Å². The fourth-order valence-corrected chi connectivity index (χ4v) is 1.85. The summed E-state index contributed by atoms with van der Waals surface area (Å²) in [6.45, 7) is 4.36. The molecular formula is C13H13ClN4O. The average molecular weight is 277 g/mol. The summed E-state index contributed by atoms with van der Waals surface area (Å²) in [6.07, 6.45) is 1.50. The molecule has 2 rings (SSSR count). The molecule has 0 spiro atoms. The Morgan fingerprint density at radius 1 is 1.47 bits per heavy atom. The van der Waals surface area contributed by atoms with E-state index >= 15 is 0 Å². The SMILES string of the molecule is CC(C)n1ncnc1COc1ccc(C#N)c(Cl)c1. The first-order valence-corrected chi connectivity index (χ1v) is 6.20. The van der Waals surface area contributed by atoms with Crippen LogP contribution in [0.1, 0.15) is 31.3 Å². The minimum atomic E-state index is 0.227. The first kappa shape index (κ1) is 13.4. The van der Waals surface area contributed by atoms with Crippen molar-refractivity contribution in [3.8, 4) is 11.8 Å². The molecular weight excluding hydrogens is 264 g/mol. The Labute approximate surface area is 116 Å². The summed E-state index contributed by atoms with van der Waals surface area (Å²) in [5, 5.41) is 13.3. The van der Waals surface area contributed by atoms with Gasteiger partial charge in [-0.15, -0.1) is 0 Å². The molecule has 0 atom stereocenters. The van der Waals surface area contributed by atoms with E-state index in [0.29, 0.717) is 22.9 Å². The lowest BCUT2D eigenvalue weighted by Gasteiger charge is -2.10. The predicted molar refractivity (Wildman–Crippen MR) is 70.9 cm³/mol. The number of rotatable bonds is 4. The lowest BCUT2D eigenvalue weighted by molar-refractivity contribution is 0.282. The Bertz CT molecular complexity index is 615. The van der Waals surface area contributed by atoms with Crippen molar-refractivity contribution >= 4 is 11.6 Å². The van der Waals surface area contributed by atoms with Crippen molar-refractivity contribution in [2.45, 2.75) is 26.5 Å². The van der Waals surface area contributed by atoms with Gasteiger partial charge in [-0.25, -0.2) is 9.67 Å². The molecule has 0 saturated heterocycles. The van der Waals surface area contributed by atoms with Crippen molar-refractivity contribution in [1.29, 1.82) is 5.26 Å². The minimum Gasteiger partial charge on any atom is -0.486 e. The molecule has 98 valence electrons. The van der Waals surface area contributed by atoms with Gasteiger partial charge in [-0.2, -0.15) is 10.4 Å². The number of ether oxygens (including phenoxy) is 1. The Kier molecular flexibility index (Phi) is 4.03. The maximum absolute atomic E-state index is 8.79. The van der Waals surface area contributed by atoms with Crippen LogP contribution in [-0.2, 0) is 6.61 Å². The van der Waals surface area contributed by atoms with Crippen LogP contribution in [0, 0.1) is 11.3 Å². The number of aromatic nitrogens is 3. The second kappa shape index (κ2) is 5.72. The third-order valence-corrected chi connectivity index (χ3v) is 2.88. The molecule has 0 amide bonds. The van der Waals surface area contributed by atoms with Gasteiger partial charge in [0.05, 0.1) is 10.6 Å². The zero-order valence-corrected chi connectivity index (χ0v) is 11.4. The van der Waals surface area contributed by atoms with E-state index in [1.807, 2.05) is 19.9 Å². The molecule has 1 aromatic carbocycles. The standard InChI is InChI=1S/C13H13ClN4O/c1-9(2)18-13(16-8-17-18)7-19-11-4-3-10(6-15)12(14)5-11/h3-5,8-9H,7H2,1-2H3. The third-order valence-electron chi connectivity index (χ3n) is 2.57. The Morgan fingerprint density at radius 2 is 2.26 bits per heavy atom. The Balaban J connectivity index is 2.09. The fraction of sp³-hybridized carbons (Fsp3) is 0.308. The summed E-state index contributed by atoms with van der Waals surface area (Å²) in [5.74, 6) is 1.35. The van der Waals surface area contributed by atoms with Gasteiger partial charge in [0.25, 0.3) is 0 Å². The monoisotopic (exact) mass is 276 g/mol. The minimum absolute atomic E-state index is 0.227. The van der Waals surface area contributed by atoms with Gasteiger partial charge in [-0.1, -0.05) is 11.6 Å². The summed E-state index contributed by atoms with van der Waals surface area (Å²) < 4.78 is 7.40. The van der Waals surface area contributed by atoms with E-state index in [1.54, 1.807) is 22.9 Å². The molecule has 1 aromatic heterocycles. The molecule has 19 heavy (non-hydrogen) atoms. The van der Waals surface area contributed by atoms with E-state index in [0.717, 1.165) is 5.82 Å². The molecule has 6 heteroatoms. The van der Waals surface area contributed by atoms with E-state index in [9.17, 15) is 0 Å². The number of benzene rings is 1. The molecule has 0 N–H and O–H groups in total. The maximum Gasteiger partial charge on any atom is 0.165 e. The number of nitriles is 1. The lowest BCUT2D eigenvalue weighted by atomic mass is 10.2. The quantitative estimate of drug-likeness (QED) is 0.861. The van der Waals surface area contributed by atoms with Crippen molar-refractivity contribution in [1.82, 2.24) is 14.8 Å². The topological polar surface area (TPSA) is 63.7 Å². The Morgan fingerprint density at radius 3 is 2.89 bits per heavy atom. The van der Waals surface area contributed by atoms with Gasteiger partial charge in [0, 0.05) is 12.1 Å². The zero-order chi connectivity index (χ0) is 13.8. The van der Waals surface area contributed by atoms with E-state index in [4.69, 9.17) is 21.6 Å². The van der Waals surface area contributed by atoms with Crippen LogP contribution in [0.15, 0.2) is 24.5 Å². The number of nitrogens with zero attached hydrogens (tertiary/aromatic N) is 4. The van der Waals surface area contributed by atoms with Crippen molar-refractivity contribution in [2.24, 2.45) is 0 Å². The van der Waals surface area contributed by atoms with Crippen LogP contribution in [0.25, 0.3) is 0 Å². The van der Waals surface area contributed by atoms with Crippen LogP contribution in [-0.4, -0.2) is 14.8 Å². The third kappa shape index (κ3) is 3.04. The molecule has 5 nitrogen and oxygen atoms in total. The van der Waals surface area contributed by atoms with Gasteiger partial charge in [-0.05, 0) is 26.0 Å². The molecule has 0 aliphatic carbocycles. The van der Waals surface area contributed by atoms with Gasteiger partial charge >= 0.3 is 0 Å². The van der Waals surface area contributed by atoms with Gasteiger partial charge in [0.15, 0.2) is 5.82 Å². The fourth-order valence-electron chi connectivity index (χ4n) is 1.63. The second-order valence-corrected chi connectivity index (χ2v) is 4.66. The van der Waals surface area contributed by atoms with Gasteiger partial charge in [0.2, 0.25) is 0 Å². The smallest absolute Gasteiger partial charge is 0.165 e. The maximum atomic E-state index is 8.79. The first-order chi connectivity index (χ1) is 9.11. The molecule has 0 fully saturated rings. The van der Waals surface area contributed by atoms with Gasteiger partial charge < -0.3 is 4.74 Å². The average Bonchev–Trinajstić information content (AvgIpc) is 2.85. The summed E-state index contributed by atoms with van der Waals surface area (Å²) in [6, 6.07) is 7.19. The molecule has 0 bridgehead atoms. The highest BCUT2D eigenvalue weighted by atomic mass is 35.5. The van der Waals surface area contributed by atoms with Crippen molar-refractivity contribution in [3.05, 3.63) is 40.9 Å². The number of halogens is 1. The predicted octanol–water partition coefficient (Wildman–Crippen LogP) is 2.96. The van der Waals surface area contributed by atoms with Crippen molar-refractivity contribution < 1.29 is 4.74 Å². The lowest BCUT2D eigenvalue weighted by Crippen LogP contribution is -2.10. The number of hydrogen-bond acceptors (Lipinski definition) is 4.